The van der Waals surface area contributed by atoms with Crippen molar-refractivity contribution < 1.29 is 0 Å². The molecule has 74 valence electrons. The molecule has 14 heavy (non-hydrogen) atoms. The van der Waals surface area contributed by atoms with Crippen molar-refractivity contribution in [1.29, 1.82) is 0 Å². The van der Waals surface area contributed by atoms with Crippen LogP contribution in [-0.4, -0.2) is 12.9 Å². The number of rotatable bonds is 1. The first kappa shape index (κ1) is 9.25. The molecule has 2 rings (SSSR count). The lowest BCUT2D eigenvalue weighted by Gasteiger charge is -2.30. The average Bonchev–Trinajstić information content (AvgIpc) is 2.47. The summed E-state index contributed by atoms with van der Waals surface area (Å²) in [7, 11) is 0. The number of hydrogen-bond acceptors (Lipinski definition) is 2. The van der Waals surface area contributed by atoms with Crippen LogP contribution in [-0.2, 0) is 0 Å². The SMILES string of the molecule is CCC1(C)C2=CC=CC=C1NCN=C2. The molecule has 2 nitrogen and oxygen atoms in total. The second kappa shape index (κ2) is 3.45. The van der Waals surface area contributed by atoms with Crippen molar-refractivity contribution in [2.45, 2.75) is 20.3 Å². The van der Waals surface area contributed by atoms with Crippen molar-refractivity contribution in [3.8, 4) is 0 Å². The van der Waals surface area contributed by atoms with Gasteiger partial charge >= 0.3 is 0 Å². The molecule has 0 amide bonds. The Morgan fingerprint density at radius 1 is 1.43 bits per heavy atom. The maximum absolute atomic E-state index is 4.32. The topological polar surface area (TPSA) is 24.4 Å². The van der Waals surface area contributed by atoms with E-state index in [1.54, 1.807) is 0 Å². The van der Waals surface area contributed by atoms with Crippen LogP contribution in [0.15, 0.2) is 40.6 Å². The van der Waals surface area contributed by atoms with E-state index in [0.717, 1.165) is 6.42 Å². The first-order chi connectivity index (χ1) is 6.77. The molecule has 0 aromatic carbocycles. The summed E-state index contributed by atoms with van der Waals surface area (Å²) in [4.78, 5) is 4.32. The van der Waals surface area contributed by atoms with Crippen molar-refractivity contribution in [1.82, 2.24) is 5.32 Å². The highest BCUT2D eigenvalue weighted by Crippen LogP contribution is 2.38. The average molecular weight is 188 g/mol. The van der Waals surface area contributed by atoms with E-state index in [4.69, 9.17) is 0 Å². The van der Waals surface area contributed by atoms with Gasteiger partial charge in [-0.15, -0.1) is 0 Å². The second-order valence-corrected chi connectivity index (χ2v) is 3.92. The molecule has 1 heterocycles. The van der Waals surface area contributed by atoms with Gasteiger partial charge in [0, 0.05) is 17.3 Å². The molecule has 2 aliphatic rings. The molecule has 0 saturated heterocycles. The Morgan fingerprint density at radius 3 is 3.00 bits per heavy atom. The molecule has 1 atom stereocenters. The predicted octanol–water partition coefficient (Wildman–Crippen LogP) is 2.41. The smallest absolute Gasteiger partial charge is 0.107 e. The molecule has 0 saturated carbocycles. The minimum Gasteiger partial charge on any atom is -0.369 e. The second-order valence-electron chi connectivity index (χ2n) is 3.92. The molecule has 2 heteroatoms. The zero-order valence-corrected chi connectivity index (χ0v) is 8.75. The van der Waals surface area contributed by atoms with Crippen molar-refractivity contribution in [3.63, 3.8) is 0 Å². The third kappa shape index (κ3) is 1.31. The third-order valence-electron chi connectivity index (χ3n) is 3.18. The fourth-order valence-electron chi connectivity index (χ4n) is 1.94. The molecule has 0 aromatic rings. The van der Waals surface area contributed by atoms with E-state index >= 15 is 0 Å². The lowest BCUT2D eigenvalue weighted by molar-refractivity contribution is 0.451. The Kier molecular flexibility index (Phi) is 2.28. The molecule has 2 bridgehead atoms. The van der Waals surface area contributed by atoms with Crippen molar-refractivity contribution in [2.75, 3.05) is 6.67 Å². The van der Waals surface area contributed by atoms with Crippen LogP contribution in [0.4, 0.5) is 0 Å². The summed E-state index contributed by atoms with van der Waals surface area (Å²) in [6, 6.07) is 0. The fraction of sp³-hybridized carbons (Fsp3) is 0.417. The minimum absolute atomic E-state index is 0.101. The van der Waals surface area contributed by atoms with Crippen molar-refractivity contribution in [2.24, 2.45) is 10.4 Å². The molecule has 1 aliphatic carbocycles. The Balaban J connectivity index is 2.54. The van der Waals surface area contributed by atoms with E-state index in [1.165, 1.54) is 11.3 Å². The molecule has 0 spiro atoms. The van der Waals surface area contributed by atoms with Crippen LogP contribution in [0.5, 0.6) is 0 Å². The normalized spacial score (nSPS) is 29.9. The molecular weight excluding hydrogens is 172 g/mol. The molecule has 0 aromatic heterocycles. The lowest BCUT2D eigenvalue weighted by atomic mass is 9.77. The largest absolute Gasteiger partial charge is 0.369 e. The number of nitrogens with zero attached hydrogens (tertiary/aromatic N) is 1. The van der Waals surface area contributed by atoms with E-state index in [0.29, 0.717) is 6.67 Å². The van der Waals surface area contributed by atoms with E-state index in [-0.39, 0.29) is 5.41 Å². The van der Waals surface area contributed by atoms with Crippen LogP contribution in [0.3, 0.4) is 0 Å². The molecule has 0 radical (unpaired) electrons. The van der Waals surface area contributed by atoms with Gasteiger partial charge in [0.1, 0.15) is 6.67 Å². The van der Waals surface area contributed by atoms with Gasteiger partial charge in [0.25, 0.3) is 0 Å². The standard InChI is InChI=1S/C12H16N2/c1-3-12(2)10-6-4-5-7-11(12)14-9-13-8-10/h4-8,14H,3,9H2,1-2H3. The Labute approximate surface area is 85.1 Å². The molecule has 1 aliphatic heterocycles. The van der Waals surface area contributed by atoms with Crippen LogP contribution in [0.25, 0.3) is 0 Å². The van der Waals surface area contributed by atoms with E-state index < -0.39 is 0 Å². The fourth-order valence-corrected chi connectivity index (χ4v) is 1.94. The highest BCUT2D eigenvalue weighted by Gasteiger charge is 2.31. The van der Waals surface area contributed by atoms with Gasteiger partial charge in [0.05, 0.1) is 0 Å². The van der Waals surface area contributed by atoms with Crippen molar-refractivity contribution >= 4 is 6.21 Å². The summed E-state index contributed by atoms with van der Waals surface area (Å²) in [6.07, 6.45) is 11.6. The van der Waals surface area contributed by atoms with E-state index in [2.05, 4.69) is 48.5 Å². The monoisotopic (exact) mass is 188 g/mol. The Hall–Kier alpha value is -1.31. The van der Waals surface area contributed by atoms with Crippen LogP contribution >= 0.6 is 0 Å². The highest BCUT2D eigenvalue weighted by molar-refractivity contribution is 5.82. The number of nitrogens with one attached hydrogen (secondary N) is 1. The van der Waals surface area contributed by atoms with Crippen LogP contribution in [0, 0.1) is 5.41 Å². The maximum atomic E-state index is 4.32. The van der Waals surface area contributed by atoms with E-state index in [9.17, 15) is 0 Å². The van der Waals surface area contributed by atoms with Gasteiger partial charge in [-0.1, -0.05) is 25.2 Å². The minimum atomic E-state index is 0.101. The summed E-state index contributed by atoms with van der Waals surface area (Å²) >= 11 is 0. The third-order valence-corrected chi connectivity index (χ3v) is 3.18. The van der Waals surface area contributed by atoms with Gasteiger partial charge < -0.3 is 5.32 Å². The number of hydrogen-bond donors (Lipinski definition) is 1. The van der Waals surface area contributed by atoms with Crippen LogP contribution in [0.1, 0.15) is 20.3 Å². The molecular formula is C12H16N2. The summed E-state index contributed by atoms with van der Waals surface area (Å²) < 4.78 is 0. The summed E-state index contributed by atoms with van der Waals surface area (Å²) in [5.74, 6) is 0. The summed E-state index contributed by atoms with van der Waals surface area (Å²) in [6.45, 7) is 5.17. The predicted molar refractivity (Wildman–Crippen MR) is 60.2 cm³/mol. The zero-order valence-electron chi connectivity index (χ0n) is 8.75. The first-order valence-electron chi connectivity index (χ1n) is 5.10. The maximum Gasteiger partial charge on any atom is 0.107 e. The summed E-state index contributed by atoms with van der Waals surface area (Å²) in [5, 5.41) is 3.37. The quantitative estimate of drug-likeness (QED) is 0.671. The Bertz CT molecular complexity index is 347. The number of fused-ring (bicyclic) bond motifs is 2. The van der Waals surface area contributed by atoms with Crippen LogP contribution < -0.4 is 5.32 Å². The van der Waals surface area contributed by atoms with Gasteiger partial charge in [0.2, 0.25) is 0 Å². The van der Waals surface area contributed by atoms with Gasteiger partial charge in [-0.25, -0.2) is 0 Å². The van der Waals surface area contributed by atoms with Crippen LogP contribution in [0.2, 0.25) is 0 Å². The first-order valence-corrected chi connectivity index (χ1v) is 5.10. The highest BCUT2D eigenvalue weighted by atomic mass is 15.0. The molecule has 1 unspecified atom stereocenters. The van der Waals surface area contributed by atoms with Gasteiger partial charge in [-0.05, 0) is 25.0 Å². The number of allylic oxidation sites excluding steroid dienone is 5. The zero-order chi connectivity index (χ0) is 10.0. The van der Waals surface area contributed by atoms with E-state index in [1.807, 2.05) is 6.21 Å². The molecule has 0 fully saturated rings. The van der Waals surface area contributed by atoms with Gasteiger partial charge in [-0.2, -0.15) is 0 Å². The number of aliphatic imine (C=N–C) groups is 1. The van der Waals surface area contributed by atoms with Crippen molar-refractivity contribution in [3.05, 3.63) is 35.6 Å². The lowest BCUT2D eigenvalue weighted by Crippen LogP contribution is -2.28. The van der Waals surface area contributed by atoms with Gasteiger partial charge in [0.15, 0.2) is 0 Å². The molecule has 1 N–H and O–H groups in total. The van der Waals surface area contributed by atoms with Gasteiger partial charge in [-0.3, -0.25) is 4.99 Å². The summed E-state index contributed by atoms with van der Waals surface area (Å²) in [5.41, 5.74) is 2.67. The Morgan fingerprint density at radius 2 is 2.21 bits per heavy atom.